The second-order valence-corrected chi connectivity index (χ2v) is 5.31. The number of rotatable bonds is 9. The third-order valence-corrected chi connectivity index (χ3v) is 3.12. The van der Waals surface area contributed by atoms with E-state index in [1.807, 2.05) is 0 Å². The molecule has 0 N–H and O–H groups in total. The van der Waals surface area contributed by atoms with Crippen LogP contribution in [-0.4, -0.2) is 73.7 Å². The predicted molar refractivity (Wildman–Crippen MR) is 82.6 cm³/mol. The van der Waals surface area contributed by atoms with Crippen molar-refractivity contribution in [1.29, 1.82) is 0 Å². The maximum Gasteiger partial charge on any atom is 0.245 e. The molecule has 0 aromatic heterocycles. The molecule has 3 amide bonds. The lowest BCUT2D eigenvalue weighted by atomic mass is 10.2. The van der Waals surface area contributed by atoms with Crippen molar-refractivity contribution in [2.45, 2.75) is 25.7 Å². The molecular formula is C15H27N3O3. The Morgan fingerprint density at radius 2 is 1.24 bits per heavy atom. The van der Waals surface area contributed by atoms with Gasteiger partial charge < -0.3 is 14.7 Å². The standard InChI is InChI=1S/C15H27N3O3/c1-6-13(19)18(11-7-9-14(20)16(2)3)12-8-10-15(21)17(4)5/h6H,1,7-12H2,2-5H3. The average molecular weight is 297 g/mol. The summed E-state index contributed by atoms with van der Waals surface area (Å²) in [4.78, 5) is 39.4. The highest BCUT2D eigenvalue weighted by Gasteiger charge is 2.12. The van der Waals surface area contributed by atoms with Gasteiger partial charge in [0, 0.05) is 54.1 Å². The maximum atomic E-state index is 11.7. The van der Waals surface area contributed by atoms with Crippen LogP contribution in [0, 0.1) is 0 Å². The van der Waals surface area contributed by atoms with E-state index in [4.69, 9.17) is 0 Å². The second-order valence-electron chi connectivity index (χ2n) is 5.31. The Morgan fingerprint density at radius 3 is 1.52 bits per heavy atom. The lowest BCUT2D eigenvalue weighted by Crippen LogP contribution is -2.33. The minimum atomic E-state index is -0.162. The molecule has 0 aromatic carbocycles. The Hall–Kier alpha value is -1.85. The minimum Gasteiger partial charge on any atom is -0.349 e. The third-order valence-electron chi connectivity index (χ3n) is 3.12. The first kappa shape index (κ1) is 19.1. The highest BCUT2D eigenvalue weighted by Crippen LogP contribution is 2.03. The van der Waals surface area contributed by atoms with E-state index in [-0.39, 0.29) is 17.7 Å². The second kappa shape index (κ2) is 9.96. The van der Waals surface area contributed by atoms with Crippen molar-refractivity contribution in [3.05, 3.63) is 12.7 Å². The van der Waals surface area contributed by atoms with Crippen molar-refractivity contribution in [1.82, 2.24) is 14.7 Å². The van der Waals surface area contributed by atoms with Crippen LogP contribution in [0.1, 0.15) is 25.7 Å². The van der Waals surface area contributed by atoms with Crippen molar-refractivity contribution < 1.29 is 14.4 Å². The molecule has 0 rings (SSSR count). The van der Waals surface area contributed by atoms with Crippen molar-refractivity contribution in [3.8, 4) is 0 Å². The molecule has 0 saturated heterocycles. The summed E-state index contributed by atoms with van der Waals surface area (Å²) in [7, 11) is 6.84. The fourth-order valence-corrected chi connectivity index (χ4v) is 1.75. The van der Waals surface area contributed by atoms with Gasteiger partial charge in [-0.15, -0.1) is 0 Å². The highest BCUT2D eigenvalue weighted by atomic mass is 16.2. The summed E-state index contributed by atoms with van der Waals surface area (Å²) >= 11 is 0. The first-order valence-electron chi connectivity index (χ1n) is 7.11. The third kappa shape index (κ3) is 8.12. The van der Waals surface area contributed by atoms with Crippen LogP contribution >= 0.6 is 0 Å². The fourth-order valence-electron chi connectivity index (χ4n) is 1.75. The van der Waals surface area contributed by atoms with E-state index in [2.05, 4.69) is 6.58 Å². The first-order valence-corrected chi connectivity index (χ1v) is 7.11. The van der Waals surface area contributed by atoms with Crippen molar-refractivity contribution >= 4 is 17.7 Å². The largest absolute Gasteiger partial charge is 0.349 e. The van der Waals surface area contributed by atoms with Crippen LogP contribution in [-0.2, 0) is 14.4 Å². The van der Waals surface area contributed by atoms with Crippen molar-refractivity contribution in [2.24, 2.45) is 0 Å². The number of nitrogens with zero attached hydrogens (tertiary/aromatic N) is 3. The maximum absolute atomic E-state index is 11.7. The van der Waals surface area contributed by atoms with Gasteiger partial charge in [0.2, 0.25) is 17.7 Å². The Kier molecular flexibility index (Phi) is 9.08. The molecule has 0 aliphatic carbocycles. The van der Waals surface area contributed by atoms with E-state index < -0.39 is 0 Å². The van der Waals surface area contributed by atoms with Crippen molar-refractivity contribution in [3.63, 3.8) is 0 Å². The van der Waals surface area contributed by atoms with Gasteiger partial charge in [-0.05, 0) is 18.9 Å². The summed E-state index contributed by atoms with van der Waals surface area (Å²) in [5.41, 5.74) is 0. The number of hydrogen-bond donors (Lipinski definition) is 0. The Morgan fingerprint density at radius 1 is 0.857 bits per heavy atom. The normalized spacial score (nSPS) is 9.90. The number of carbonyl (C=O) groups excluding carboxylic acids is 3. The van der Waals surface area contributed by atoms with Crippen LogP contribution in [0.15, 0.2) is 12.7 Å². The molecule has 0 spiro atoms. The Bertz CT molecular complexity index is 352. The zero-order chi connectivity index (χ0) is 16.4. The van der Waals surface area contributed by atoms with Gasteiger partial charge in [-0.3, -0.25) is 14.4 Å². The highest BCUT2D eigenvalue weighted by molar-refractivity contribution is 5.87. The topological polar surface area (TPSA) is 60.9 Å². The van der Waals surface area contributed by atoms with E-state index >= 15 is 0 Å². The molecule has 0 bridgehead atoms. The quantitative estimate of drug-likeness (QED) is 0.590. The smallest absolute Gasteiger partial charge is 0.245 e. The first-order chi connectivity index (χ1) is 9.79. The van der Waals surface area contributed by atoms with Gasteiger partial charge in [0.25, 0.3) is 0 Å². The molecule has 21 heavy (non-hydrogen) atoms. The summed E-state index contributed by atoms with van der Waals surface area (Å²) in [6.07, 6.45) is 3.30. The molecule has 6 nitrogen and oxygen atoms in total. The van der Waals surface area contributed by atoms with E-state index in [0.717, 1.165) is 0 Å². The molecule has 0 radical (unpaired) electrons. The van der Waals surface area contributed by atoms with Gasteiger partial charge in [-0.2, -0.15) is 0 Å². The number of hydrogen-bond acceptors (Lipinski definition) is 3. The van der Waals surface area contributed by atoms with Gasteiger partial charge in [0.15, 0.2) is 0 Å². The monoisotopic (exact) mass is 297 g/mol. The van der Waals surface area contributed by atoms with Crippen LogP contribution in [0.2, 0.25) is 0 Å². The fraction of sp³-hybridized carbons (Fsp3) is 0.667. The molecule has 0 saturated carbocycles. The molecule has 0 atom stereocenters. The summed E-state index contributed by atoms with van der Waals surface area (Å²) in [6.45, 7) is 4.48. The van der Waals surface area contributed by atoms with Gasteiger partial charge in [-0.25, -0.2) is 0 Å². The van der Waals surface area contributed by atoms with Crippen LogP contribution in [0.4, 0.5) is 0 Å². The van der Waals surface area contributed by atoms with Crippen LogP contribution in [0.3, 0.4) is 0 Å². The zero-order valence-electron chi connectivity index (χ0n) is 13.6. The molecule has 6 heteroatoms. The zero-order valence-corrected chi connectivity index (χ0v) is 13.6. The molecule has 0 fully saturated rings. The SMILES string of the molecule is C=CC(=O)N(CCCC(=O)N(C)C)CCCC(=O)N(C)C. The van der Waals surface area contributed by atoms with Crippen LogP contribution < -0.4 is 0 Å². The number of carbonyl (C=O) groups is 3. The summed E-state index contributed by atoms with van der Waals surface area (Å²) < 4.78 is 0. The molecule has 0 aliphatic heterocycles. The Labute approximate surface area is 127 Å². The van der Waals surface area contributed by atoms with Crippen LogP contribution in [0.25, 0.3) is 0 Å². The lowest BCUT2D eigenvalue weighted by molar-refractivity contribution is -0.130. The number of amides is 3. The van der Waals surface area contributed by atoms with Gasteiger partial charge in [-0.1, -0.05) is 6.58 Å². The minimum absolute atomic E-state index is 0.0452. The van der Waals surface area contributed by atoms with Gasteiger partial charge in [0.05, 0.1) is 0 Å². The summed E-state index contributed by atoms with van der Waals surface area (Å²) in [5.74, 6) is -0.0721. The summed E-state index contributed by atoms with van der Waals surface area (Å²) in [5, 5.41) is 0. The average Bonchev–Trinajstić information content (AvgIpc) is 2.43. The van der Waals surface area contributed by atoms with Crippen molar-refractivity contribution in [2.75, 3.05) is 41.3 Å². The molecule has 0 aromatic rings. The van der Waals surface area contributed by atoms with E-state index in [1.165, 1.54) is 15.9 Å². The lowest BCUT2D eigenvalue weighted by Gasteiger charge is -2.21. The molecular weight excluding hydrogens is 270 g/mol. The van der Waals surface area contributed by atoms with E-state index in [9.17, 15) is 14.4 Å². The molecule has 120 valence electrons. The molecule has 0 unspecified atom stereocenters. The van der Waals surface area contributed by atoms with Gasteiger partial charge >= 0.3 is 0 Å². The van der Waals surface area contributed by atoms with E-state index in [1.54, 1.807) is 33.1 Å². The molecule has 0 aliphatic rings. The predicted octanol–water partition coefficient (Wildman–Crippen LogP) is 0.738. The van der Waals surface area contributed by atoms with E-state index in [0.29, 0.717) is 38.8 Å². The van der Waals surface area contributed by atoms with Gasteiger partial charge in [0.1, 0.15) is 0 Å². The summed E-state index contributed by atoms with van der Waals surface area (Å²) in [6, 6.07) is 0. The Balaban J connectivity index is 4.22. The molecule has 0 heterocycles. The van der Waals surface area contributed by atoms with Crippen LogP contribution in [0.5, 0.6) is 0 Å².